The number of nitrogens with one attached hydrogen (secondary N) is 1. The Labute approximate surface area is 153 Å². The molecule has 0 bridgehead atoms. The highest BCUT2D eigenvalue weighted by atomic mass is 32.2. The van der Waals surface area contributed by atoms with Crippen LogP contribution in [0.4, 0.5) is 4.79 Å². The third-order valence-corrected chi connectivity index (χ3v) is 5.30. The van der Waals surface area contributed by atoms with E-state index < -0.39 is 12.1 Å². The molecule has 4 nitrogen and oxygen atoms in total. The molecule has 1 aliphatic rings. The lowest BCUT2D eigenvalue weighted by molar-refractivity contribution is -0.115. The number of carbonyl (C=O) groups excluding carboxylic acids is 2. The highest BCUT2D eigenvalue weighted by Crippen LogP contribution is 2.31. The van der Waals surface area contributed by atoms with Crippen molar-refractivity contribution >= 4 is 27.7 Å². The minimum absolute atomic E-state index is 0.0177. The first-order valence-electron chi connectivity index (χ1n) is 8.88. The van der Waals surface area contributed by atoms with E-state index in [1.807, 2.05) is 42.8 Å². The van der Waals surface area contributed by atoms with Crippen LogP contribution in [0.15, 0.2) is 30.3 Å². The average Bonchev–Trinajstić information content (AvgIpc) is 2.58. The van der Waals surface area contributed by atoms with E-state index in [0.717, 1.165) is 24.8 Å². The molecule has 1 fully saturated rings. The van der Waals surface area contributed by atoms with Crippen LogP contribution >= 0.6 is 10.5 Å². The van der Waals surface area contributed by atoms with Crippen LogP contribution in [0.1, 0.15) is 38.2 Å². The minimum atomic E-state index is -0.513. The summed E-state index contributed by atoms with van der Waals surface area (Å²) < 4.78 is 5.32. The van der Waals surface area contributed by atoms with Gasteiger partial charge in [-0.1, -0.05) is 50.1 Å². The lowest BCUT2D eigenvalue weighted by Crippen LogP contribution is -2.47. The predicted molar refractivity (Wildman–Crippen MR) is 105 cm³/mol. The van der Waals surface area contributed by atoms with E-state index in [-0.39, 0.29) is 28.8 Å². The normalized spacial score (nSPS) is 21.4. The number of hydrogen-bond donors (Lipinski definition) is 1. The van der Waals surface area contributed by atoms with E-state index in [9.17, 15) is 9.59 Å². The molecule has 0 spiro atoms. The zero-order valence-corrected chi connectivity index (χ0v) is 16.2. The molecule has 0 radical (unpaired) electrons. The standard InChI is InChI=1S/C20H29NO3S/c1-15-8-7-11-17(12-15)19(18(22)14-25(2)3)21-20(23)24-13-16-9-5-4-6-10-16/h4-6,9-10,14-15,17,19H,7-8,11-13H2,1-3H3,(H,21,23). The molecule has 25 heavy (non-hydrogen) atoms. The van der Waals surface area contributed by atoms with E-state index >= 15 is 0 Å². The zero-order chi connectivity index (χ0) is 18.2. The molecule has 1 aliphatic carbocycles. The van der Waals surface area contributed by atoms with Crippen molar-refractivity contribution in [2.24, 2.45) is 11.8 Å². The van der Waals surface area contributed by atoms with Gasteiger partial charge in [0.15, 0.2) is 5.78 Å². The van der Waals surface area contributed by atoms with Crippen molar-refractivity contribution in [1.29, 1.82) is 0 Å². The van der Waals surface area contributed by atoms with Gasteiger partial charge in [-0.15, -0.1) is 0 Å². The molecule has 0 heterocycles. The molecular formula is C20H29NO3S. The Morgan fingerprint density at radius 3 is 2.64 bits per heavy atom. The molecule has 1 amide bonds. The lowest BCUT2D eigenvalue weighted by Gasteiger charge is -2.32. The fourth-order valence-corrected chi connectivity index (χ4v) is 4.01. The maximum absolute atomic E-state index is 12.7. The third-order valence-electron chi connectivity index (χ3n) is 4.59. The zero-order valence-electron chi connectivity index (χ0n) is 15.4. The van der Waals surface area contributed by atoms with Crippen molar-refractivity contribution in [1.82, 2.24) is 5.32 Å². The molecule has 0 aromatic heterocycles. The summed E-state index contributed by atoms with van der Waals surface area (Å²) in [7, 11) is -0.0944. The van der Waals surface area contributed by atoms with Gasteiger partial charge in [0.1, 0.15) is 6.61 Å². The number of Topliss-reactive ketones (excluding diaryl/α,β-unsaturated/α-hetero) is 1. The van der Waals surface area contributed by atoms with Gasteiger partial charge in [-0.2, -0.15) is 10.5 Å². The number of rotatable bonds is 6. The highest BCUT2D eigenvalue weighted by Gasteiger charge is 2.32. The third kappa shape index (κ3) is 6.65. The first-order valence-corrected chi connectivity index (χ1v) is 11.0. The Balaban J connectivity index is 2.00. The molecule has 0 aliphatic heterocycles. The van der Waals surface area contributed by atoms with E-state index in [2.05, 4.69) is 12.2 Å². The maximum Gasteiger partial charge on any atom is 0.408 e. The number of hydrogen-bond acceptors (Lipinski definition) is 3. The Morgan fingerprint density at radius 1 is 1.28 bits per heavy atom. The summed E-state index contributed by atoms with van der Waals surface area (Å²) in [6.07, 6.45) is 7.77. The van der Waals surface area contributed by atoms with Crippen LogP contribution < -0.4 is 5.32 Å². The second-order valence-electron chi connectivity index (χ2n) is 7.12. The van der Waals surface area contributed by atoms with Gasteiger partial charge in [0.2, 0.25) is 0 Å². The summed E-state index contributed by atoms with van der Waals surface area (Å²) in [5.74, 6) is 0.808. The molecular weight excluding hydrogens is 334 g/mol. The molecule has 1 saturated carbocycles. The van der Waals surface area contributed by atoms with E-state index in [4.69, 9.17) is 4.74 Å². The summed E-state index contributed by atoms with van der Waals surface area (Å²) in [6, 6.07) is 9.08. The first-order chi connectivity index (χ1) is 12.0. The fraction of sp³-hybridized carbons (Fsp3) is 0.550. The minimum Gasteiger partial charge on any atom is -0.445 e. The molecule has 5 heteroatoms. The van der Waals surface area contributed by atoms with Gasteiger partial charge in [0.05, 0.1) is 6.04 Å². The Kier molecular flexibility index (Phi) is 7.69. The smallest absolute Gasteiger partial charge is 0.408 e. The second-order valence-corrected chi connectivity index (χ2v) is 9.11. The monoisotopic (exact) mass is 363 g/mol. The van der Waals surface area contributed by atoms with Crippen molar-refractivity contribution in [3.05, 3.63) is 35.9 Å². The van der Waals surface area contributed by atoms with Crippen LogP contribution in [-0.4, -0.2) is 35.8 Å². The summed E-state index contributed by atoms with van der Waals surface area (Å²) >= 11 is 0. The number of ketones is 1. The van der Waals surface area contributed by atoms with Gasteiger partial charge in [0, 0.05) is 5.37 Å². The van der Waals surface area contributed by atoms with Gasteiger partial charge in [0.25, 0.3) is 0 Å². The van der Waals surface area contributed by atoms with Crippen molar-refractivity contribution in [3.8, 4) is 0 Å². The van der Waals surface area contributed by atoms with Crippen LogP contribution in [0.25, 0.3) is 0 Å². The van der Waals surface area contributed by atoms with Gasteiger partial charge in [-0.25, -0.2) is 4.79 Å². The Bertz CT molecular complexity index is 611. The van der Waals surface area contributed by atoms with E-state index in [0.29, 0.717) is 5.92 Å². The second kappa shape index (κ2) is 9.76. The SMILES string of the molecule is CC1CCCC(C(NC(=O)OCc2ccccc2)C(=O)C=S(C)C)C1. The molecule has 1 aromatic carbocycles. The Hall–Kier alpha value is -1.62. The van der Waals surface area contributed by atoms with Crippen LogP contribution in [0.2, 0.25) is 0 Å². The quantitative estimate of drug-likeness (QED) is 0.777. The summed E-state index contributed by atoms with van der Waals surface area (Å²) in [6.45, 7) is 2.43. The van der Waals surface area contributed by atoms with Crippen LogP contribution in [0, 0.1) is 11.8 Å². The van der Waals surface area contributed by atoms with Gasteiger partial charge in [-0.3, -0.25) is 4.79 Å². The lowest BCUT2D eigenvalue weighted by atomic mass is 9.77. The molecule has 1 N–H and O–H groups in total. The molecule has 138 valence electrons. The van der Waals surface area contributed by atoms with Crippen molar-refractivity contribution in [2.75, 3.05) is 12.5 Å². The molecule has 1 aromatic rings. The fourth-order valence-electron chi connectivity index (χ4n) is 3.40. The number of ether oxygens (including phenoxy) is 1. The van der Waals surface area contributed by atoms with Gasteiger partial charge in [-0.05, 0) is 42.8 Å². The number of benzene rings is 1. The summed E-state index contributed by atoms with van der Waals surface area (Å²) in [4.78, 5) is 24.9. The largest absolute Gasteiger partial charge is 0.445 e. The number of amides is 1. The Morgan fingerprint density at radius 2 is 2.00 bits per heavy atom. The molecule has 3 atom stereocenters. The molecule has 2 rings (SSSR count). The van der Waals surface area contributed by atoms with E-state index in [1.165, 1.54) is 6.42 Å². The highest BCUT2D eigenvalue weighted by molar-refractivity contribution is 8.14. The first kappa shape index (κ1) is 19.7. The summed E-state index contributed by atoms with van der Waals surface area (Å²) in [5.41, 5.74) is 0.932. The van der Waals surface area contributed by atoms with Gasteiger partial charge >= 0.3 is 6.09 Å². The summed E-state index contributed by atoms with van der Waals surface area (Å²) in [5, 5.41) is 4.58. The van der Waals surface area contributed by atoms with Crippen molar-refractivity contribution in [2.45, 2.75) is 45.3 Å². The van der Waals surface area contributed by atoms with Crippen molar-refractivity contribution < 1.29 is 14.3 Å². The van der Waals surface area contributed by atoms with E-state index in [1.54, 1.807) is 5.37 Å². The van der Waals surface area contributed by atoms with Crippen LogP contribution in [-0.2, 0) is 16.1 Å². The molecule has 3 unspecified atom stereocenters. The molecule has 0 saturated heterocycles. The maximum atomic E-state index is 12.7. The van der Waals surface area contributed by atoms with Gasteiger partial charge < -0.3 is 10.1 Å². The predicted octanol–water partition coefficient (Wildman–Crippen LogP) is 4.01. The van der Waals surface area contributed by atoms with Crippen LogP contribution in [0.5, 0.6) is 0 Å². The van der Waals surface area contributed by atoms with Crippen molar-refractivity contribution in [3.63, 3.8) is 0 Å². The van der Waals surface area contributed by atoms with Crippen LogP contribution in [0.3, 0.4) is 0 Å². The topological polar surface area (TPSA) is 55.4 Å². The average molecular weight is 364 g/mol. The number of alkyl carbamates (subject to hydrolysis) is 1. The number of carbonyl (C=O) groups is 2.